The van der Waals surface area contributed by atoms with E-state index in [0.717, 1.165) is 0 Å². The van der Waals surface area contributed by atoms with Crippen molar-refractivity contribution in [2.45, 2.75) is 27.2 Å². The van der Waals surface area contributed by atoms with Crippen LogP contribution in [0, 0.1) is 5.41 Å². The van der Waals surface area contributed by atoms with Crippen LogP contribution in [0.15, 0.2) is 12.2 Å². The van der Waals surface area contributed by atoms with E-state index in [4.69, 9.17) is 0 Å². The number of ether oxygens (including phenoxy) is 1. The molecule has 0 saturated carbocycles. The van der Waals surface area contributed by atoms with Crippen LogP contribution < -0.4 is 0 Å². The van der Waals surface area contributed by atoms with Crippen molar-refractivity contribution in [2.75, 3.05) is 7.11 Å². The van der Waals surface area contributed by atoms with Gasteiger partial charge in [0, 0.05) is 11.0 Å². The average Bonchev–Trinajstić information content (AvgIpc) is 2.01. The summed E-state index contributed by atoms with van der Waals surface area (Å²) in [6.45, 7) is 8.63. The summed E-state index contributed by atoms with van der Waals surface area (Å²) in [5.41, 5.74) is -0.201. The van der Waals surface area contributed by atoms with Crippen LogP contribution in [-0.2, 0) is 14.3 Å². The summed E-state index contributed by atoms with van der Waals surface area (Å²) in [6, 6.07) is 0. The van der Waals surface area contributed by atoms with Crippen LogP contribution in [0.4, 0.5) is 0 Å². The number of ketones is 1. The zero-order valence-electron chi connectivity index (χ0n) is 8.64. The van der Waals surface area contributed by atoms with E-state index in [0.29, 0.717) is 12.0 Å². The first kappa shape index (κ1) is 11.9. The Morgan fingerprint density at radius 2 is 1.85 bits per heavy atom. The van der Waals surface area contributed by atoms with Gasteiger partial charge in [-0.3, -0.25) is 4.79 Å². The highest BCUT2D eigenvalue weighted by atomic mass is 16.5. The molecule has 13 heavy (non-hydrogen) atoms. The number of esters is 1. The van der Waals surface area contributed by atoms with Gasteiger partial charge in [0.1, 0.15) is 5.78 Å². The van der Waals surface area contributed by atoms with Crippen LogP contribution in [-0.4, -0.2) is 18.9 Å². The molecule has 74 valence electrons. The minimum Gasteiger partial charge on any atom is -0.466 e. The Hall–Kier alpha value is -1.12. The fourth-order valence-electron chi connectivity index (χ4n) is 0.874. The number of carbonyl (C=O) groups excluding carboxylic acids is 2. The molecule has 0 aliphatic rings. The molecule has 0 radical (unpaired) electrons. The van der Waals surface area contributed by atoms with Crippen LogP contribution in [0.2, 0.25) is 0 Å². The standard InChI is InChI=1S/C10H16O3/c1-7(9(12)13-5)6-10(3,4)8(2)11/h1,6H2,2-5H3. The topological polar surface area (TPSA) is 43.4 Å². The fraction of sp³-hybridized carbons (Fsp3) is 0.600. The van der Waals surface area contributed by atoms with Gasteiger partial charge >= 0.3 is 5.97 Å². The van der Waals surface area contributed by atoms with Crippen LogP contribution in [0.1, 0.15) is 27.2 Å². The smallest absolute Gasteiger partial charge is 0.333 e. The van der Waals surface area contributed by atoms with Gasteiger partial charge < -0.3 is 4.74 Å². The number of methoxy groups -OCH3 is 1. The van der Waals surface area contributed by atoms with E-state index in [2.05, 4.69) is 11.3 Å². The lowest BCUT2D eigenvalue weighted by Gasteiger charge is -2.20. The third-order valence-corrected chi connectivity index (χ3v) is 2.08. The van der Waals surface area contributed by atoms with Gasteiger partial charge in [0.2, 0.25) is 0 Å². The molecule has 0 N–H and O–H groups in total. The Bertz CT molecular complexity index is 239. The van der Waals surface area contributed by atoms with Crippen molar-refractivity contribution in [3.8, 4) is 0 Å². The largest absolute Gasteiger partial charge is 0.466 e. The zero-order chi connectivity index (χ0) is 10.6. The molecule has 3 nitrogen and oxygen atoms in total. The van der Waals surface area contributed by atoms with Crippen molar-refractivity contribution in [1.82, 2.24) is 0 Å². The molecule has 0 aliphatic heterocycles. The molecule has 0 spiro atoms. The Kier molecular flexibility index (Phi) is 3.85. The van der Waals surface area contributed by atoms with Crippen LogP contribution in [0.5, 0.6) is 0 Å². The number of rotatable bonds is 4. The maximum absolute atomic E-state index is 11.1. The predicted octanol–water partition coefficient (Wildman–Crippen LogP) is 1.72. The first-order valence-corrected chi connectivity index (χ1v) is 4.08. The SMILES string of the molecule is C=C(CC(C)(C)C(C)=O)C(=O)OC. The number of Topliss-reactive ketones (excluding diaryl/α,β-unsaturated/α-hetero) is 1. The van der Waals surface area contributed by atoms with Gasteiger partial charge in [0.15, 0.2) is 0 Å². The summed E-state index contributed by atoms with van der Waals surface area (Å²) in [5.74, 6) is -0.410. The lowest BCUT2D eigenvalue weighted by molar-refractivity contribution is -0.136. The summed E-state index contributed by atoms with van der Waals surface area (Å²) in [4.78, 5) is 22.1. The summed E-state index contributed by atoms with van der Waals surface area (Å²) in [6.07, 6.45) is 0.342. The van der Waals surface area contributed by atoms with E-state index in [1.165, 1.54) is 14.0 Å². The summed E-state index contributed by atoms with van der Waals surface area (Å²) < 4.78 is 4.49. The molecule has 0 saturated heterocycles. The molecular weight excluding hydrogens is 168 g/mol. The Morgan fingerprint density at radius 3 is 2.15 bits per heavy atom. The van der Waals surface area contributed by atoms with Crippen molar-refractivity contribution in [2.24, 2.45) is 5.41 Å². The fourth-order valence-corrected chi connectivity index (χ4v) is 0.874. The van der Waals surface area contributed by atoms with Crippen molar-refractivity contribution in [1.29, 1.82) is 0 Å². The van der Waals surface area contributed by atoms with Crippen molar-refractivity contribution in [3.63, 3.8) is 0 Å². The molecule has 0 aromatic rings. The average molecular weight is 184 g/mol. The second-order valence-corrected chi connectivity index (χ2v) is 3.71. The summed E-state index contributed by atoms with van der Waals surface area (Å²) in [7, 11) is 1.30. The molecule has 0 aliphatic carbocycles. The molecular formula is C10H16O3. The quantitative estimate of drug-likeness (QED) is 0.493. The van der Waals surface area contributed by atoms with E-state index in [-0.39, 0.29) is 5.78 Å². The molecule has 0 heterocycles. The molecule has 0 atom stereocenters. The Balaban J connectivity index is 4.37. The molecule has 0 fully saturated rings. The van der Waals surface area contributed by atoms with Gasteiger partial charge in [0.25, 0.3) is 0 Å². The minimum absolute atomic E-state index is 0.0394. The molecule has 0 aromatic carbocycles. The van der Waals surface area contributed by atoms with Crippen LogP contribution >= 0.6 is 0 Å². The van der Waals surface area contributed by atoms with Gasteiger partial charge in [-0.25, -0.2) is 4.79 Å². The van der Waals surface area contributed by atoms with Gasteiger partial charge in [0.05, 0.1) is 7.11 Å². The molecule has 0 aromatic heterocycles. The second-order valence-electron chi connectivity index (χ2n) is 3.71. The predicted molar refractivity (Wildman–Crippen MR) is 50.2 cm³/mol. The molecule has 3 heteroatoms. The maximum atomic E-state index is 11.1. The molecule has 0 rings (SSSR count). The van der Waals surface area contributed by atoms with Crippen molar-refractivity contribution < 1.29 is 14.3 Å². The third-order valence-electron chi connectivity index (χ3n) is 2.08. The molecule has 0 bridgehead atoms. The normalized spacial score (nSPS) is 10.8. The molecule has 0 amide bonds. The van der Waals surface area contributed by atoms with E-state index < -0.39 is 11.4 Å². The summed E-state index contributed by atoms with van der Waals surface area (Å²) >= 11 is 0. The van der Waals surface area contributed by atoms with E-state index in [1.54, 1.807) is 13.8 Å². The second kappa shape index (κ2) is 4.21. The number of hydrogen-bond acceptors (Lipinski definition) is 3. The first-order valence-electron chi connectivity index (χ1n) is 4.08. The number of hydrogen-bond donors (Lipinski definition) is 0. The lowest BCUT2D eigenvalue weighted by atomic mass is 9.82. The molecule has 0 unspecified atom stereocenters. The van der Waals surface area contributed by atoms with Gasteiger partial charge in [-0.2, -0.15) is 0 Å². The monoisotopic (exact) mass is 184 g/mol. The Morgan fingerprint density at radius 1 is 1.38 bits per heavy atom. The highest BCUT2D eigenvalue weighted by molar-refractivity contribution is 5.90. The third kappa shape index (κ3) is 3.40. The van der Waals surface area contributed by atoms with Gasteiger partial charge in [-0.1, -0.05) is 20.4 Å². The van der Waals surface area contributed by atoms with Crippen molar-refractivity contribution in [3.05, 3.63) is 12.2 Å². The first-order chi connectivity index (χ1) is 5.81. The van der Waals surface area contributed by atoms with Crippen molar-refractivity contribution >= 4 is 11.8 Å². The summed E-state index contributed by atoms with van der Waals surface area (Å²) in [5, 5.41) is 0. The highest BCUT2D eigenvalue weighted by Gasteiger charge is 2.26. The number of carbonyl (C=O) groups is 2. The lowest BCUT2D eigenvalue weighted by Crippen LogP contribution is -2.23. The van der Waals surface area contributed by atoms with E-state index in [1.807, 2.05) is 0 Å². The minimum atomic E-state index is -0.536. The van der Waals surface area contributed by atoms with Crippen LogP contribution in [0.25, 0.3) is 0 Å². The van der Waals surface area contributed by atoms with Crippen LogP contribution in [0.3, 0.4) is 0 Å². The van der Waals surface area contributed by atoms with Gasteiger partial charge in [-0.05, 0) is 13.3 Å². The Labute approximate surface area is 78.8 Å². The maximum Gasteiger partial charge on any atom is 0.333 e. The zero-order valence-corrected chi connectivity index (χ0v) is 8.64. The van der Waals surface area contributed by atoms with E-state index in [9.17, 15) is 9.59 Å². The van der Waals surface area contributed by atoms with E-state index >= 15 is 0 Å². The highest BCUT2D eigenvalue weighted by Crippen LogP contribution is 2.25. The van der Waals surface area contributed by atoms with Gasteiger partial charge in [-0.15, -0.1) is 0 Å².